The summed E-state index contributed by atoms with van der Waals surface area (Å²) >= 11 is 0. The lowest BCUT2D eigenvalue weighted by molar-refractivity contribution is -0.119. The van der Waals surface area contributed by atoms with Crippen molar-refractivity contribution in [2.75, 3.05) is 0 Å². The highest BCUT2D eigenvalue weighted by molar-refractivity contribution is 6.00. The summed E-state index contributed by atoms with van der Waals surface area (Å²) in [5.74, 6) is -1.75. The second-order valence-electron chi connectivity index (χ2n) is 9.34. The number of hydrogen-bond acceptors (Lipinski definition) is 7. The number of esters is 3. The van der Waals surface area contributed by atoms with E-state index in [9.17, 15) is 19.2 Å². The number of ketones is 1. The van der Waals surface area contributed by atoms with Gasteiger partial charge in [-0.15, -0.1) is 0 Å². The maximum absolute atomic E-state index is 13.4. The summed E-state index contributed by atoms with van der Waals surface area (Å²) in [5.41, 5.74) is 1.05. The first-order valence-electron chi connectivity index (χ1n) is 13.0. The number of ether oxygens (including phenoxy) is 3. The zero-order valence-electron chi connectivity index (χ0n) is 21.8. The SMILES string of the molecule is C[C@H]1CCCC(=O)CCC/C=C/c2cc(OC(=O)c3ccccc3)cc(OC(=O)c3ccccc3)c2C(=O)O1. The van der Waals surface area contributed by atoms with Crippen LogP contribution in [0.5, 0.6) is 11.5 Å². The maximum Gasteiger partial charge on any atom is 0.343 e. The van der Waals surface area contributed by atoms with E-state index in [1.54, 1.807) is 73.7 Å². The normalized spacial score (nSPS) is 17.2. The molecule has 200 valence electrons. The predicted molar refractivity (Wildman–Crippen MR) is 146 cm³/mol. The number of allylic oxidation sites excluding steroid dienone is 1. The third-order valence-corrected chi connectivity index (χ3v) is 6.24. The molecule has 3 aromatic carbocycles. The molecule has 0 saturated heterocycles. The number of cyclic esters (lactones) is 1. The Morgan fingerprint density at radius 2 is 1.44 bits per heavy atom. The second kappa shape index (κ2) is 13.3. The van der Waals surface area contributed by atoms with Crippen molar-refractivity contribution in [3.63, 3.8) is 0 Å². The second-order valence-corrected chi connectivity index (χ2v) is 9.34. The van der Waals surface area contributed by atoms with E-state index >= 15 is 0 Å². The van der Waals surface area contributed by atoms with Gasteiger partial charge in [0.05, 0.1) is 17.2 Å². The molecule has 0 bridgehead atoms. The molecular weight excluding hydrogens is 496 g/mol. The average molecular weight is 527 g/mol. The Kier molecular flexibility index (Phi) is 9.40. The minimum atomic E-state index is -0.678. The van der Waals surface area contributed by atoms with Crippen molar-refractivity contribution < 1.29 is 33.4 Å². The quantitative estimate of drug-likeness (QED) is 0.279. The minimum Gasteiger partial charge on any atom is -0.459 e. The first-order valence-corrected chi connectivity index (χ1v) is 13.0. The highest BCUT2D eigenvalue weighted by Gasteiger charge is 2.25. The van der Waals surface area contributed by atoms with Crippen LogP contribution < -0.4 is 9.47 Å². The van der Waals surface area contributed by atoms with E-state index in [1.807, 2.05) is 6.08 Å². The molecule has 1 atom stereocenters. The van der Waals surface area contributed by atoms with Crippen LogP contribution in [0.25, 0.3) is 6.08 Å². The summed E-state index contributed by atoms with van der Waals surface area (Å²) in [5, 5.41) is 0. The molecular formula is C32H30O7. The molecule has 1 aliphatic rings. The summed E-state index contributed by atoms with van der Waals surface area (Å²) in [4.78, 5) is 51.3. The standard InChI is InChI=1S/C32H30O7/c1-22-12-11-19-26(33)18-10-4-9-17-25-20-27(38-30(34)23-13-5-2-6-14-23)21-28(29(25)32(36)37-22)39-31(35)24-15-7-3-8-16-24/h2-3,5-9,13-17,20-22H,4,10-12,18-19H2,1H3/b17-9+/t22-/m0/s1. The van der Waals surface area contributed by atoms with Crippen molar-refractivity contribution in [2.24, 2.45) is 0 Å². The largest absolute Gasteiger partial charge is 0.459 e. The van der Waals surface area contributed by atoms with Crippen LogP contribution in [0, 0.1) is 0 Å². The number of Topliss-reactive ketones (excluding diaryl/α,β-unsaturated/α-hetero) is 1. The molecule has 0 saturated carbocycles. The first kappa shape index (κ1) is 27.5. The van der Waals surface area contributed by atoms with Crippen molar-refractivity contribution in [2.45, 2.75) is 51.6 Å². The number of rotatable bonds is 4. The maximum atomic E-state index is 13.4. The number of hydrogen-bond donors (Lipinski definition) is 0. The van der Waals surface area contributed by atoms with Crippen LogP contribution in [0.15, 0.2) is 78.9 Å². The molecule has 4 rings (SSSR count). The number of carbonyl (C=O) groups excluding carboxylic acids is 4. The monoisotopic (exact) mass is 526 g/mol. The van der Waals surface area contributed by atoms with Crippen LogP contribution in [0.1, 0.15) is 82.1 Å². The fourth-order valence-corrected chi connectivity index (χ4v) is 4.21. The fraction of sp³-hybridized carbons (Fsp3) is 0.250. The topological polar surface area (TPSA) is 96.0 Å². The molecule has 3 aromatic rings. The summed E-state index contributed by atoms with van der Waals surface area (Å²) in [6.07, 6.45) is 6.38. The number of fused-ring (bicyclic) bond motifs is 1. The first-order chi connectivity index (χ1) is 18.9. The van der Waals surface area contributed by atoms with E-state index in [-0.39, 0.29) is 22.8 Å². The number of carbonyl (C=O) groups is 4. The summed E-state index contributed by atoms with van der Waals surface area (Å²) < 4.78 is 17.0. The smallest absolute Gasteiger partial charge is 0.343 e. The van der Waals surface area contributed by atoms with Crippen LogP contribution in [0.4, 0.5) is 0 Å². The van der Waals surface area contributed by atoms with Gasteiger partial charge in [0.15, 0.2) is 0 Å². The van der Waals surface area contributed by atoms with Crippen molar-refractivity contribution in [3.8, 4) is 11.5 Å². The van der Waals surface area contributed by atoms with Crippen molar-refractivity contribution in [3.05, 3.63) is 101 Å². The molecule has 0 fully saturated rings. The summed E-state index contributed by atoms with van der Waals surface area (Å²) in [7, 11) is 0. The highest BCUT2D eigenvalue weighted by Crippen LogP contribution is 2.33. The molecule has 0 spiro atoms. The van der Waals surface area contributed by atoms with Gasteiger partial charge in [-0.05, 0) is 68.5 Å². The van der Waals surface area contributed by atoms with Gasteiger partial charge in [0.25, 0.3) is 0 Å². The molecule has 7 nitrogen and oxygen atoms in total. The Bertz CT molecular complexity index is 1360. The van der Waals surface area contributed by atoms with Crippen molar-refractivity contribution >= 4 is 29.8 Å². The Labute approximate surface area is 227 Å². The molecule has 0 N–H and O–H groups in total. The van der Waals surface area contributed by atoms with Gasteiger partial charge < -0.3 is 14.2 Å². The lowest BCUT2D eigenvalue weighted by atomic mass is 10.0. The van der Waals surface area contributed by atoms with Gasteiger partial charge in [0, 0.05) is 18.9 Å². The van der Waals surface area contributed by atoms with Crippen LogP contribution in [-0.4, -0.2) is 29.8 Å². The van der Waals surface area contributed by atoms with E-state index in [4.69, 9.17) is 14.2 Å². The Morgan fingerprint density at radius 3 is 2.10 bits per heavy atom. The molecule has 1 heterocycles. The van der Waals surface area contributed by atoms with Gasteiger partial charge in [0.1, 0.15) is 22.8 Å². The van der Waals surface area contributed by atoms with Crippen LogP contribution in [0.3, 0.4) is 0 Å². The van der Waals surface area contributed by atoms with E-state index in [0.29, 0.717) is 55.2 Å². The lowest BCUT2D eigenvalue weighted by Gasteiger charge is -2.18. The molecule has 0 radical (unpaired) electrons. The van der Waals surface area contributed by atoms with Gasteiger partial charge in [-0.3, -0.25) is 4.79 Å². The van der Waals surface area contributed by atoms with Crippen LogP contribution in [-0.2, 0) is 9.53 Å². The average Bonchev–Trinajstić information content (AvgIpc) is 2.93. The van der Waals surface area contributed by atoms with Crippen LogP contribution >= 0.6 is 0 Å². The molecule has 39 heavy (non-hydrogen) atoms. The van der Waals surface area contributed by atoms with E-state index < -0.39 is 24.0 Å². The van der Waals surface area contributed by atoms with E-state index in [0.717, 1.165) is 0 Å². The lowest BCUT2D eigenvalue weighted by Crippen LogP contribution is -2.19. The molecule has 1 aliphatic heterocycles. The fourth-order valence-electron chi connectivity index (χ4n) is 4.21. The number of benzene rings is 3. The van der Waals surface area contributed by atoms with E-state index in [1.165, 1.54) is 12.1 Å². The van der Waals surface area contributed by atoms with Gasteiger partial charge in [-0.1, -0.05) is 48.6 Å². The molecule has 7 heteroatoms. The van der Waals surface area contributed by atoms with Gasteiger partial charge in [0.2, 0.25) is 0 Å². The summed E-state index contributed by atoms with van der Waals surface area (Å²) in [6.45, 7) is 1.76. The van der Waals surface area contributed by atoms with Crippen molar-refractivity contribution in [1.82, 2.24) is 0 Å². The Balaban J connectivity index is 1.76. The molecule has 0 aromatic heterocycles. The molecule has 0 aliphatic carbocycles. The zero-order valence-corrected chi connectivity index (χ0v) is 21.8. The minimum absolute atomic E-state index is 0.0510. The Hall–Kier alpha value is -4.52. The molecule has 0 unspecified atom stereocenters. The van der Waals surface area contributed by atoms with Gasteiger partial charge in [-0.25, -0.2) is 14.4 Å². The predicted octanol–water partition coefficient (Wildman–Crippen LogP) is 6.61. The van der Waals surface area contributed by atoms with Crippen LogP contribution in [0.2, 0.25) is 0 Å². The van der Waals surface area contributed by atoms with Gasteiger partial charge >= 0.3 is 17.9 Å². The third-order valence-electron chi connectivity index (χ3n) is 6.24. The third kappa shape index (κ3) is 7.74. The highest BCUT2D eigenvalue weighted by atomic mass is 16.6. The Morgan fingerprint density at radius 1 is 0.821 bits per heavy atom. The van der Waals surface area contributed by atoms with Crippen molar-refractivity contribution in [1.29, 1.82) is 0 Å². The summed E-state index contributed by atoms with van der Waals surface area (Å²) in [6, 6.07) is 19.7. The zero-order chi connectivity index (χ0) is 27.6. The molecule has 0 amide bonds. The van der Waals surface area contributed by atoms with E-state index in [2.05, 4.69) is 0 Å². The van der Waals surface area contributed by atoms with Gasteiger partial charge in [-0.2, -0.15) is 0 Å².